The van der Waals surface area contributed by atoms with Crippen molar-refractivity contribution in [1.29, 1.82) is 0 Å². The summed E-state index contributed by atoms with van der Waals surface area (Å²) in [6, 6.07) is 15.0. The van der Waals surface area contributed by atoms with Crippen molar-refractivity contribution in [1.82, 2.24) is 5.32 Å². The molecule has 0 unspecified atom stereocenters. The van der Waals surface area contributed by atoms with Gasteiger partial charge in [-0.15, -0.1) is 0 Å². The Labute approximate surface area is 217 Å². The van der Waals surface area contributed by atoms with Gasteiger partial charge in [0.25, 0.3) is 0 Å². The topological polar surface area (TPSA) is 49.4 Å². The molecule has 1 saturated carbocycles. The molecule has 1 aliphatic rings. The number of anilines is 1. The highest BCUT2D eigenvalue weighted by molar-refractivity contribution is 7.08. The molecule has 0 bridgehead atoms. The first kappa shape index (κ1) is 26.1. The van der Waals surface area contributed by atoms with Crippen LogP contribution in [0.4, 0.5) is 10.1 Å². The van der Waals surface area contributed by atoms with Gasteiger partial charge in [0.15, 0.2) is 0 Å². The highest BCUT2D eigenvalue weighted by Gasteiger charge is 2.34. The standard InChI is InChI=1S/C30H35FN2O2S/c1-3-21(2)23-11-15-27(16-12-23)33(28(34)19-22-17-18-36-20-22)29(24-9-13-25(31)14-10-24)30(35)32-26-7-5-4-6-8-26/h9-18,20-21,26,29H,3-8,19H2,1-2H3,(H,32,35)/t21-,29-/m1/s1. The number of halogens is 1. The summed E-state index contributed by atoms with van der Waals surface area (Å²) in [6.45, 7) is 4.32. The van der Waals surface area contributed by atoms with E-state index in [-0.39, 0.29) is 30.1 Å². The third-order valence-corrected chi connectivity index (χ3v) is 7.93. The Hall–Kier alpha value is -2.99. The quantitative estimate of drug-likeness (QED) is 0.335. The summed E-state index contributed by atoms with van der Waals surface area (Å²) in [7, 11) is 0. The summed E-state index contributed by atoms with van der Waals surface area (Å²) in [5.74, 6) is -0.369. The van der Waals surface area contributed by atoms with Crippen LogP contribution in [0.25, 0.3) is 0 Å². The van der Waals surface area contributed by atoms with E-state index in [9.17, 15) is 14.0 Å². The summed E-state index contributed by atoms with van der Waals surface area (Å²) >= 11 is 1.54. The molecule has 0 radical (unpaired) electrons. The number of benzene rings is 2. The van der Waals surface area contributed by atoms with Gasteiger partial charge in [-0.05, 0) is 83.0 Å². The van der Waals surface area contributed by atoms with Gasteiger partial charge in [-0.2, -0.15) is 11.3 Å². The lowest BCUT2D eigenvalue weighted by Gasteiger charge is -2.33. The largest absolute Gasteiger partial charge is 0.351 e. The summed E-state index contributed by atoms with van der Waals surface area (Å²) < 4.78 is 13.8. The zero-order valence-corrected chi connectivity index (χ0v) is 21.9. The molecule has 4 nitrogen and oxygen atoms in total. The van der Waals surface area contributed by atoms with E-state index < -0.39 is 6.04 Å². The number of nitrogens with one attached hydrogen (secondary N) is 1. The van der Waals surface area contributed by atoms with Gasteiger partial charge in [0, 0.05) is 11.7 Å². The van der Waals surface area contributed by atoms with Crippen molar-refractivity contribution in [3.8, 4) is 0 Å². The maximum atomic E-state index is 13.8. The molecule has 2 amide bonds. The van der Waals surface area contributed by atoms with Crippen LogP contribution in [0.15, 0.2) is 65.4 Å². The van der Waals surface area contributed by atoms with Crippen molar-refractivity contribution in [2.45, 2.75) is 76.8 Å². The maximum absolute atomic E-state index is 13.8. The molecule has 1 aliphatic carbocycles. The smallest absolute Gasteiger partial charge is 0.248 e. The zero-order chi connectivity index (χ0) is 25.5. The fourth-order valence-electron chi connectivity index (χ4n) is 4.88. The van der Waals surface area contributed by atoms with Crippen LogP contribution in [0.3, 0.4) is 0 Å². The Balaban J connectivity index is 1.74. The van der Waals surface area contributed by atoms with E-state index in [2.05, 4.69) is 19.2 Å². The third kappa shape index (κ3) is 6.41. The molecule has 0 spiro atoms. The molecule has 2 atom stereocenters. The van der Waals surface area contributed by atoms with Gasteiger partial charge >= 0.3 is 0 Å². The number of hydrogen-bond acceptors (Lipinski definition) is 3. The second kappa shape index (κ2) is 12.3. The molecule has 3 aromatic rings. The van der Waals surface area contributed by atoms with Crippen molar-refractivity contribution in [2.24, 2.45) is 0 Å². The minimum atomic E-state index is -0.895. The van der Waals surface area contributed by atoms with Gasteiger partial charge < -0.3 is 5.32 Å². The minimum Gasteiger partial charge on any atom is -0.351 e. The highest BCUT2D eigenvalue weighted by Crippen LogP contribution is 2.32. The molecule has 1 aromatic heterocycles. The van der Waals surface area contributed by atoms with Crippen LogP contribution in [-0.2, 0) is 16.0 Å². The SMILES string of the molecule is CC[C@@H](C)c1ccc(N(C(=O)Cc2ccsc2)[C@@H](C(=O)NC2CCCCC2)c2ccc(F)cc2)cc1. The fraction of sp³-hybridized carbons (Fsp3) is 0.400. The number of rotatable bonds is 9. The molecule has 190 valence electrons. The number of hydrogen-bond donors (Lipinski definition) is 1. The molecule has 4 rings (SSSR count). The van der Waals surface area contributed by atoms with Crippen LogP contribution >= 0.6 is 11.3 Å². The van der Waals surface area contributed by atoms with Crippen molar-refractivity contribution in [2.75, 3.05) is 4.90 Å². The van der Waals surface area contributed by atoms with Crippen molar-refractivity contribution < 1.29 is 14.0 Å². The van der Waals surface area contributed by atoms with E-state index in [1.807, 2.05) is 41.1 Å². The van der Waals surface area contributed by atoms with E-state index >= 15 is 0 Å². The van der Waals surface area contributed by atoms with Crippen LogP contribution < -0.4 is 10.2 Å². The first-order chi connectivity index (χ1) is 17.5. The lowest BCUT2D eigenvalue weighted by Crippen LogP contribution is -2.47. The summed E-state index contributed by atoms with van der Waals surface area (Å²) in [4.78, 5) is 29.3. The lowest BCUT2D eigenvalue weighted by molar-refractivity contribution is -0.127. The number of carbonyl (C=O) groups is 2. The van der Waals surface area contributed by atoms with Gasteiger partial charge in [0.2, 0.25) is 11.8 Å². The van der Waals surface area contributed by atoms with Gasteiger partial charge in [-0.1, -0.05) is 57.4 Å². The van der Waals surface area contributed by atoms with Crippen LogP contribution in [0.1, 0.15) is 81.0 Å². The average Bonchev–Trinajstić information content (AvgIpc) is 3.41. The lowest BCUT2D eigenvalue weighted by atomic mass is 9.94. The third-order valence-electron chi connectivity index (χ3n) is 7.20. The molecule has 1 fully saturated rings. The summed E-state index contributed by atoms with van der Waals surface area (Å²) in [5.41, 5.74) is 3.36. The fourth-order valence-corrected chi connectivity index (χ4v) is 5.55. The highest BCUT2D eigenvalue weighted by atomic mass is 32.1. The average molecular weight is 507 g/mol. The van der Waals surface area contributed by atoms with Gasteiger partial charge in [0.05, 0.1) is 6.42 Å². The van der Waals surface area contributed by atoms with Crippen LogP contribution in [-0.4, -0.2) is 17.9 Å². The number of thiophene rings is 1. The van der Waals surface area contributed by atoms with Crippen LogP contribution in [0.2, 0.25) is 0 Å². The number of nitrogens with zero attached hydrogens (tertiary/aromatic N) is 1. The van der Waals surface area contributed by atoms with Gasteiger partial charge in [-0.3, -0.25) is 14.5 Å². The molecule has 1 N–H and O–H groups in total. The second-order valence-electron chi connectivity index (χ2n) is 9.77. The summed E-state index contributed by atoms with van der Waals surface area (Å²) in [5, 5.41) is 7.11. The number of carbonyl (C=O) groups excluding carboxylic acids is 2. The second-order valence-corrected chi connectivity index (χ2v) is 10.6. The first-order valence-corrected chi connectivity index (χ1v) is 13.9. The van der Waals surface area contributed by atoms with E-state index in [0.717, 1.165) is 37.7 Å². The number of amides is 2. The van der Waals surface area contributed by atoms with Crippen LogP contribution in [0, 0.1) is 5.82 Å². The maximum Gasteiger partial charge on any atom is 0.248 e. The summed E-state index contributed by atoms with van der Waals surface area (Å²) in [6.07, 6.45) is 6.44. The predicted octanol–water partition coefficient (Wildman–Crippen LogP) is 7.17. The monoisotopic (exact) mass is 506 g/mol. The minimum absolute atomic E-state index is 0.0933. The molecule has 0 aliphatic heterocycles. The van der Waals surface area contributed by atoms with E-state index in [1.54, 1.807) is 28.4 Å². The van der Waals surface area contributed by atoms with Gasteiger partial charge in [0.1, 0.15) is 11.9 Å². The molecular weight excluding hydrogens is 471 g/mol. The molecular formula is C30H35FN2O2S. The van der Waals surface area contributed by atoms with E-state index in [0.29, 0.717) is 17.2 Å². The van der Waals surface area contributed by atoms with E-state index in [4.69, 9.17) is 0 Å². The van der Waals surface area contributed by atoms with Crippen molar-refractivity contribution in [3.63, 3.8) is 0 Å². The van der Waals surface area contributed by atoms with E-state index in [1.165, 1.54) is 24.1 Å². The Morgan fingerprint density at radius 1 is 1.00 bits per heavy atom. The van der Waals surface area contributed by atoms with Gasteiger partial charge in [-0.25, -0.2) is 4.39 Å². The predicted molar refractivity (Wildman–Crippen MR) is 145 cm³/mol. The van der Waals surface area contributed by atoms with Crippen molar-refractivity contribution in [3.05, 3.63) is 87.9 Å². The molecule has 2 aromatic carbocycles. The molecule has 0 saturated heterocycles. The Kier molecular flexibility index (Phi) is 8.92. The molecule has 6 heteroatoms. The normalized spacial score (nSPS) is 15.8. The molecule has 36 heavy (non-hydrogen) atoms. The Bertz CT molecular complexity index is 1120. The Morgan fingerprint density at radius 3 is 2.28 bits per heavy atom. The van der Waals surface area contributed by atoms with Crippen LogP contribution in [0.5, 0.6) is 0 Å². The zero-order valence-electron chi connectivity index (χ0n) is 21.1. The molecule has 1 heterocycles. The first-order valence-electron chi connectivity index (χ1n) is 12.9. The van der Waals surface area contributed by atoms with Crippen molar-refractivity contribution >= 4 is 28.8 Å². The Morgan fingerprint density at radius 2 is 1.67 bits per heavy atom.